The van der Waals surface area contributed by atoms with E-state index >= 15 is 0 Å². The molecule has 4 heteroatoms. The van der Waals surface area contributed by atoms with Crippen LogP contribution in [0.25, 0.3) is 0 Å². The minimum absolute atomic E-state index is 0.983. The number of hydrogen-bond acceptors (Lipinski definition) is 2. The van der Waals surface area contributed by atoms with Gasteiger partial charge in [-0.15, -0.1) is 5.10 Å². The van der Waals surface area contributed by atoms with Crippen LogP contribution < -0.4 is 0 Å². The lowest BCUT2D eigenvalue weighted by molar-refractivity contribution is 0.520. The molecule has 1 heterocycles. The second-order valence-electron chi connectivity index (χ2n) is 3.86. The molecule has 0 atom stereocenters. The van der Waals surface area contributed by atoms with E-state index in [-0.39, 0.29) is 0 Å². The van der Waals surface area contributed by atoms with Gasteiger partial charge in [-0.1, -0.05) is 44.7 Å². The van der Waals surface area contributed by atoms with Gasteiger partial charge < -0.3 is 0 Å². The SMILES string of the molecule is CCCCCCn1nnc(CCC)c1Br. The van der Waals surface area contributed by atoms with Gasteiger partial charge in [0.25, 0.3) is 0 Å². The minimum Gasteiger partial charge on any atom is -0.238 e. The third-order valence-corrected chi connectivity index (χ3v) is 3.32. The molecule has 0 fully saturated rings. The quantitative estimate of drug-likeness (QED) is 0.711. The van der Waals surface area contributed by atoms with Crippen LogP contribution in [-0.2, 0) is 13.0 Å². The van der Waals surface area contributed by atoms with Crippen LogP contribution >= 0.6 is 15.9 Å². The zero-order valence-corrected chi connectivity index (χ0v) is 11.3. The number of hydrogen-bond donors (Lipinski definition) is 0. The van der Waals surface area contributed by atoms with Crippen molar-refractivity contribution >= 4 is 15.9 Å². The van der Waals surface area contributed by atoms with Crippen LogP contribution in [0.4, 0.5) is 0 Å². The molecule has 86 valence electrons. The molecule has 0 spiro atoms. The number of rotatable bonds is 7. The van der Waals surface area contributed by atoms with E-state index in [2.05, 4.69) is 40.1 Å². The van der Waals surface area contributed by atoms with Crippen molar-refractivity contribution in [2.24, 2.45) is 0 Å². The molecule has 0 saturated carbocycles. The van der Waals surface area contributed by atoms with Gasteiger partial charge in [0.15, 0.2) is 0 Å². The molecule has 1 aromatic rings. The van der Waals surface area contributed by atoms with Crippen molar-refractivity contribution in [3.63, 3.8) is 0 Å². The van der Waals surface area contributed by atoms with Gasteiger partial charge in [-0.3, -0.25) is 0 Å². The summed E-state index contributed by atoms with van der Waals surface area (Å²) >= 11 is 3.56. The van der Waals surface area contributed by atoms with E-state index in [1.54, 1.807) is 0 Å². The Hall–Kier alpha value is -0.380. The smallest absolute Gasteiger partial charge is 0.127 e. The van der Waals surface area contributed by atoms with Gasteiger partial charge in [-0.05, 0) is 28.8 Å². The fourth-order valence-corrected chi connectivity index (χ4v) is 2.08. The molecule has 0 aliphatic heterocycles. The second kappa shape index (κ2) is 6.99. The Labute approximate surface area is 100 Å². The van der Waals surface area contributed by atoms with Crippen molar-refractivity contribution in [3.8, 4) is 0 Å². The fourth-order valence-electron chi connectivity index (χ4n) is 1.56. The molecular formula is C11H20BrN3. The summed E-state index contributed by atoms with van der Waals surface area (Å²) in [5.74, 6) is 0. The molecule has 0 aliphatic carbocycles. The third-order valence-electron chi connectivity index (χ3n) is 2.45. The van der Waals surface area contributed by atoms with Crippen molar-refractivity contribution in [2.75, 3.05) is 0 Å². The van der Waals surface area contributed by atoms with Gasteiger partial charge in [0, 0.05) is 6.54 Å². The summed E-state index contributed by atoms with van der Waals surface area (Å²) < 4.78 is 3.04. The molecular weight excluding hydrogens is 254 g/mol. The summed E-state index contributed by atoms with van der Waals surface area (Å²) in [6.45, 7) is 5.37. The van der Waals surface area contributed by atoms with E-state index < -0.39 is 0 Å². The van der Waals surface area contributed by atoms with Gasteiger partial charge in [0.2, 0.25) is 0 Å². The Morgan fingerprint density at radius 2 is 1.93 bits per heavy atom. The lowest BCUT2D eigenvalue weighted by Gasteiger charge is -2.01. The Morgan fingerprint density at radius 3 is 2.60 bits per heavy atom. The Balaban J connectivity index is 2.40. The highest BCUT2D eigenvalue weighted by Gasteiger charge is 2.08. The van der Waals surface area contributed by atoms with E-state index in [9.17, 15) is 0 Å². The van der Waals surface area contributed by atoms with Crippen molar-refractivity contribution in [2.45, 2.75) is 58.9 Å². The first kappa shape index (κ1) is 12.7. The first-order chi connectivity index (χ1) is 7.29. The van der Waals surface area contributed by atoms with Crippen molar-refractivity contribution in [1.82, 2.24) is 15.0 Å². The third kappa shape index (κ3) is 3.93. The van der Waals surface area contributed by atoms with E-state index in [1.807, 2.05) is 4.68 Å². The van der Waals surface area contributed by atoms with Gasteiger partial charge in [0.05, 0.1) is 5.69 Å². The largest absolute Gasteiger partial charge is 0.238 e. The standard InChI is InChI=1S/C11H20BrN3/c1-3-5-6-7-9-15-11(12)10(8-4-2)13-14-15/h3-9H2,1-2H3. The monoisotopic (exact) mass is 273 g/mol. The van der Waals surface area contributed by atoms with Crippen LogP contribution in [0.5, 0.6) is 0 Å². The summed E-state index contributed by atoms with van der Waals surface area (Å²) in [7, 11) is 0. The second-order valence-corrected chi connectivity index (χ2v) is 4.61. The topological polar surface area (TPSA) is 30.7 Å². The van der Waals surface area contributed by atoms with Crippen LogP contribution in [0.3, 0.4) is 0 Å². The van der Waals surface area contributed by atoms with E-state index in [1.165, 1.54) is 25.7 Å². The number of aryl methyl sites for hydroxylation is 2. The number of aromatic nitrogens is 3. The highest BCUT2D eigenvalue weighted by Crippen LogP contribution is 2.16. The van der Waals surface area contributed by atoms with Crippen LogP contribution in [0, 0.1) is 0 Å². The first-order valence-electron chi connectivity index (χ1n) is 5.87. The maximum atomic E-state index is 4.17. The average Bonchev–Trinajstić information content (AvgIpc) is 2.57. The summed E-state index contributed by atoms with van der Waals surface area (Å²) in [5.41, 5.74) is 1.09. The molecule has 1 aromatic heterocycles. The molecule has 0 radical (unpaired) electrons. The van der Waals surface area contributed by atoms with Crippen LogP contribution in [0.2, 0.25) is 0 Å². The molecule has 0 amide bonds. The lowest BCUT2D eigenvalue weighted by atomic mass is 10.2. The highest BCUT2D eigenvalue weighted by atomic mass is 79.9. The van der Waals surface area contributed by atoms with Crippen LogP contribution in [0.1, 0.15) is 51.6 Å². The predicted octanol–water partition coefficient (Wildman–Crippen LogP) is 3.57. The molecule has 0 saturated heterocycles. The van der Waals surface area contributed by atoms with Gasteiger partial charge in [-0.2, -0.15) is 0 Å². The molecule has 1 rings (SSSR count). The highest BCUT2D eigenvalue weighted by molar-refractivity contribution is 9.10. The minimum atomic E-state index is 0.983. The van der Waals surface area contributed by atoms with Crippen LogP contribution in [-0.4, -0.2) is 15.0 Å². The molecule has 0 N–H and O–H groups in total. The molecule has 3 nitrogen and oxygen atoms in total. The van der Waals surface area contributed by atoms with Gasteiger partial charge in [-0.25, -0.2) is 4.68 Å². The summed E-state index contributed by atoms with van der Waals surface area (Å²) in [5, 5.41) is 8.32. The molecule has 15 heavy (non-hydrogen) atoms. The molecule has 0 aliphatic rings. The van der Waals surface area contributed by atoms with Gasteiger partial charge >= 0.3 is 0 Å². The number of nitrogens with zero attached hydrogens (tertiary/aromatic N) is 3. The Bertz CT molecular complexity index is 283. The number of unbranched alkanes of at least 4 members (excludes halogenated alkanes) is 3. The fraction of sp³-hybridized carbons (Fsp3) is 0.818. The first-order valence-corrected chi connectivity index (χ1v) is 6.66. The average molecular weight is 274 g/mol. The molecule has 0 unspecified atom stereocenters. The maximum Gasteiger partial charge on any atom is 0.127 e. The van der Waals surface area contributed by atoms with E-state index in [0.29, 0.717) is 0 Å². The summed E-state index contributed by atoms with van der Waals surface area (Å²) in [4.78, 5) is 0. The molecule has 0 aromatic carbocycles. The van der Waals surface area contributed by atoms with Crippen molar-refractivity contribution in [3.05, 3.63) is 10.3 Å². The maximum absolute atomic E-state index is 4.17. The Kier molecular flexibility index (Phi) is 5.91. The zero-order chi connectivity index (χ0) is 11.1. The summed E-state index contributed by atoms with van der Waals surface area (Å²) in [6, 6.07) is 0. The van der Waals surface area contributed by atoms with Crippen LogP contribution in [0.15, 0.2) is 4.60 Å². The normalized spacial score (nSPS) is 10.9. The van der Waals surface area contributed by atoms with Crippen molar-refractivity contribution in [1.29, 1.82) is 0 Å². The van der Waals surface area contributed by atoms with E-state index in [4.69, 9.17) is 0 Å². The Morgan fingerprint density at radius 1 is 1.13 bits per heavy atom. The number of halogens is 1. The van der Waals surface area contributed by atoms with Crippen molar-refractivity contribution < 1.29 is 0 Å². The van der Waals surface area contributed by atoms with E-state index in [0.717, 1.165) is 29.7 Å². The molecule has 0 bridgehead atoms. The summed E-state index contributed by atoms with van der Waals surface area (Å²) in [6.07, 6.45) is 7.20. The lowest BCUT2D eigenvalue weighted by Crippen LogP contribution is -2.00. The van der Waals surface area contributed by atoms with Gasteiger partial charge in [0.1, 0.15) is 4.60 Å². The zero-order valence-electron chi connectivity index (χ0n) is 9.67. The predicted molar refractivity (Wildman–Crippen MR) is 65.9 cm³/mol.